The van der Waals surface area contributed by atoms with Crippen LogP contribution in [0.1, 0.15) is 18.4 Å². The molecule has 3 heterocycles. The number of ether oxygens (including phenoxy) is 1. The van der Waals surface area contributed by atoms with Gasteiger partial charge in [0.15, 0.2) is 0 Å². The molecule has 0 bridgehead atoms. The number of nitrogens with zero attached hydrogens (tertiary/aromatic N) is 5. The lowest BCUT2D eigenvalue weighted by atomic mass is 10.1. The van der Waals surface area contributed by atoms with Gasteiger partial charge in [-0.25, -0.2) is 4.98 Å². The fraction of sp³-hybridized carbons (Fsp3) is 0.333. The number of carboxylic acids is 1. The van der Waals surface area contributed by atoms with Gasteiger partial charge in [-0.1, -0.05) is 18.2 Å². The van der Waals surface area contributed by atoms with Crippen molar-refractivity contribution in [2.24, 2.45) is 0 Å². The molecule has 8 heteroatoms. The first-order valence-corrected chi connectivity index (χ1v) is 8.56. The Kier molecular flexibility index (Phi) is 4.39. The highest BCUT2D eigenvalue weighted by atomic mass is 16.5. The summed E-state index contributed by atoms with van der Waals surface area (Å²) in [5.41, 5.74) is 0.687. The van der Waals surface area contributed by atoms with E-state index >= 15 is 0 Å². The summed E-state index contributed by atoms with van der Waals surface area (Å²) in [7, 11) is 0. The van der Waals surface area contributed by atoms with Crippen LogP contribution in [0.5, 0.6) is 5.75 Å². The Morgan fingerprint density at radius 3 is 3.04 bits per heavy atom. The number of anilines is 1. The number of aromatic nitrogens is 4. The van der Waals surface area contributed by atoms with Gasteiger partial charge in [0.05, 0.1) is 12.5 Å². The fourth-order valence-corrected chi connectivity index (χ4v) is 3.39. The third-order valence-corrected chi connectivity index (χ3v) is 4.58. The van der Waals surface area contributed by atoms with Gasteiger partial charge in [0.1, 0.15) is 24.5 Å². The Balaban J connectivity index is 1.52. The second-order valence-electron chi connectivity index (χ2n) is 6.25. The average molecular weight is 353 g/mol. The van der Waals surface area contributed by atoms with Crippen molar-refractivity contribution >= 4 is 17.6 Å². The van der Waals surface area contributed by atoms with Gasteiger partial charge < -0.3 is 14.7 Å². The van der Waals surface area contributed by atoms with Crippen molar-refractivity contribution in [2.75, 3.05) is 18.1 Å². The minimum absolute atomic E-state index is 0.0471. The Morgan fingerprint density at radius 2 is 2.15 bits per heavy atom. The molecule has 2 aromatic heterocycles. The molecular formula is C18H19N5O3. The standard InChI is InChI=1S/C18H19N5O3/c24-17(25)10-13-4-1-2-6-15(13)26-11-14-5-3-9-22(14)16-7-8-19-18-20-12-21-23(16)18/h1-2,4,6-8,12,14H,3,5,9-11H2,(H,24,25)/t14-/m1/s1. The molecule has 0 amide bonds. The summed E-state index contributed by atoms with van der Waals surface area (Å²) in [5, 5.41) is 13.3. The van der Waals surface area contributed by atoms with Crippen LogP contribution in [0, 0.1) is 0 Å². The first kappa shape index (κ1) is 16.3. The van der Waals surface area contributed by atoms with Crippen molar-refractivity contribution in [1.29, 1.82) is 0 Å². The third kappa shape index (κ3) is 3.17. The SMILES string of the molecule is O=C(O)Cc1ccccc1OC[C@H]1CCCN1c1ccnc2ncnn12. The highest BCUT2D eigenvalue weighted by Gasteiger charge is 2.27. The molecule has 26 heavy (non-hydrogen) atoms. The zero-order valence-electron chi connectivity index (χ0n) is 14.2. The van der Waals surface area contributed by atoms with Gasteiger partial charge in [0, 0.05) is 18.3 Å². The van der Waals surface area contributed by atoms with Crippen LogP contribution < -0.4 is 9.64 Å². The molecule has 1 aliphatic heterocycles. The molecule has 1 saturated heterocycles. The van der Waals surface area contributed by atoms with Crippen molar-refractivity contribution in [2.45, 2.75) is 25.3 Å². The smallest absolute Gasteiger partial charge is 0.307 e. The van der Waals surface area contributed by atoms with Crippen LogP contribution in [0.4, 0.5) is 5.82 Å². The van der Waals surface area contributed by atoms with E-state index in [-0.39, 0.29) is 12.5 Å². The number of hydrogen-bond donors (Lipinski definition) is 1. The van der Waals surface area contributed by atoms with E-state index in [4.69, 9.17) is 9.84 Å². The maximum absolute atomic E-state index is 11.0. The second kappa shape index (κ2) is 6.99. The van der Waals surface area contributed by atoms with E-state index in [1.165, 1.54) is 6.33 Å². The lowest BCUT2D eigenvalue weighted by Crippen LogP contribution is -2.35. The van der Waals surface area contributed by atoms with Crippen molar-refractivity contribution in [3.8, 4) is 5.75 Å². The van der Waals surface area contributed by atoms with E-state index in [1.807, 2.05) is 24.3 Å². The van der Waals surface area contributed by atoms with Gasteiger partial charge in [-0.15, -0.1) is 0 Å². The van der Waals surface area contributed by atoms with Crippen molar-refractivity contribution in [1.82, 2.24) is 19.6 Å². The summed E-state index contributed by atoms with van der Waals surface area (Å²) in [6, 6.07) is 9.40. The highest BCUT2D eigenvalue weighted by Crippen LogP contribution is 2.26. The Labute approximate surface area is 150 Å². The first-order chi connectivity index (χ1) is 12.7. The molecule has 0 aliphatic carbocycles. The van der Waals surface area contributed by atoms with E-state index in [9.17, 15) is 4.79 Å². The van der Waals surface area contributed by atoms with Crippen molar-refractivity contribution < 1.29 is 14.6 Å². The number of rotatable bonds is 6. The maximum atomic E-state index is 11.0. The predicted octanol–water partition coefficient (Wildman–Crippen LogP) is 1.80. The largest absolute Gasteiger partial charge is 0.491 e. The summed E-state index contributed by atoms with van der Waals surface area (Å²) in [4.78, 5) is 21.6. The minimum Gasteiger partial charge on any atom is -0.491 e. The van der Waals surface area contributed by atoms with Gasteiger partial charge in [-0.3, -0.25) is 4.79 Å². The number of fused-ring (bicyclic) bond motifs is 1. The molecule has 3 aromatic rings. The van der Waals surface area contributed by atoms with E-state index in [0.717, 1.165) is 25.2 Å². The van der Waals surface area contributed by atoms with Gasteiger partial charge in [0.25, 0.3) is 5.78 Å². The molecule has 1 aromatic carbocycles. The molecule has 8 nitrogen and oxygen atoms in total. The predicted molar refractivity (Wildman–Crippen MR) is 94.4 cm³/mol. The van der Waals surface area contributed by atoms with Crippen LogP contribution in [0.3, 0.4) is 0 Å². The summed E-state index contributed by atoms with van der Waals surface area (Å²) >= 11 is 0. The van der Waals surface area contributed by atoms with Gasteiger partial charge in [-0.2, -0.15) is 14.6 Å². The summed E-state index contributed by atoms with van der Waals surface area (Å²) in [5.74, 6) is 1.27. The van der Waals surface area contributed by atoms with Crippen LogP contribution in [0.15, 0.2) is 42.9 Å². The molecule has 4 rings (SSSR count). The molecule has 0 spiro atoms. The average Bonchev–Trinajstić information content (AvgIpc) is 3.29. The van der Waals surface area contributed by atoms with Crippen molar-refractivity contribution in [3.63, 3.8) is 0 Å². The van der Waals surface area contributed by atoms with Crippen molar-refractivity contribution in [3.05, 3.63) is 48.4 Å². The zero-order valence-corrected chi connectivity index (χ0v) is 14.2. The number of carboxylic acid groups (broad SMARTS) is 1. The Bertz CT molecular complexity index is 926. The minimum atomic E-state index is -0.867. The van der Waals surface area contributed by atoms with E-state index in [0.29, 0.717) is 23.7 Å². The van der Waals surface area contributed by atoms with Gasteiger partial charge in [0.2, 0.25) is 0 Å². The zero-order chi connectivity index (χ0) is 17.9. The lowest BCUT2D eigenvalue weighted by Gasteiger charge is -2.27. The first-order valence-electron chi connectivity index (χ1n) is 8.56. The topological polar surface area (TPSA) is 92.9 Å². The lowest BCUT2D eigenvalue weighted by molar-refractivity contribution is -0.136. The van der Waals surface area contributed by atoms with Gasteiger partial charge in [-0.05, 0) is 25.0 Å². The monoisotopic (exact) mass is 353 g/mol. The van der Waals surface area contributed by atoms with E-state index in [1.54, 1.807) is 16.8 Å². The normalized spacial score (nSPS) is 16.9. The maximum Gasteiger partial charge on any atom is 0.307 e. The number of carbonyl (C=O) groups is 1. The van der Waals surface area contributed by atoms with Crippen LogP contribution >= 0.6 is 0 Å². The molecule has 1 fully saturated rings. The molecule has 0 saturated carbocycles. The number of aliphatic carboxylic acids is 1. The Morgan fingerprint density at radius 1 is 1.27 bits per heavy atom. The quantitative estimate of drug-likeness (QED) is 0.722. The van der Waals surface area contributed by atoms with Crippen LogP contribution in [-0.2, 0) is 11.2 Å². The fourth-order valence-electron chi connectivity index (χ4n) is 3.39. The Hall–Kier alpha value is -3.16. The molecule has 1 aliphatic rings. The molecule has 0 radical (unpaired) electrons. The second-order valence-corrected chi connectivity index (χ2v) is 6.25. The summed E-state index contributed by atoms with van der Waals surface area (Å²) in [6.07, 6.45) is 5.24. The third-order valence-electron chi connectivity index (χ3n) is 4.58. The molecule has 1 N–H and O–H groups in total. The number of para-hydroxylation sites is 1. The van der Waals surface area contributed by atoms with Gasteiger partial charge >= 0.3 is 5.97 Å². The van der Waals surface area contributed by atoms with E-state index in [2.05, 4.69) is 20.0 Å². The molecular weight excluding hydrogens is 334 g/mol. The van der Waals surface area contributed by atoms with Crippen LogP contribution in [-0.4, -0.2) is 49.9 Å². The summed E-state index contributed by atoms with van der Waals surface area (Å²) in [6.45, 7) is 1.39. The van der Waals surface area contributed by atoms with Crippen LogP contribution in [0.2, 0.25) is 0 Å². The number of hydrogen-bond acceptors (Lipinski definition) is 6. The summed E-state index contributed by atoms with van der Waals surface area (Å²) < 4.78 is 7.73. The van der Waals surface area contributed by atoms with E-state index < -0.39 is 5.97 Å². The molecule has 134 valence electrons. The molecule has 1 atom stereocenters. The highest BCUT2D eigenvalue weighted by molar-refractivity contribution is 5.71. The number of benzene rings is 1. The van der Waals surface area contributed by atoms with Crippen LogP contribution in [0.25, 0.3) is 5.78 Å². The molecule has 0 unspecified atom stereocenters.